The lowest BCUT2D eigenvalue weighted by Gasteiger charge is -2.00. The zero-order valence-corrected chi connectivity index (χ0v) is 22.2. The molecule has 0 saturated carbocycles. The summed E-state index contributed by atoms with van der Waals surface area (Å²) in [5.41, 5.74) is 11.4. The van der Waals surface area contributed by atoms with Gasteiger partial charge in [0.25, 0.3) is 0 Å². The quantitative estimate of drug-likeness (QED) is 0.0951. The van der Waals surface area contributed by atoms with E-state index in [1.54, 1.807) is 13.8 Å². The van der Waals surface area contributed by atoms with Crippen LogP contribution in [0.25, 0.3) is 0 Å². The number of ether oxygens (including phenoxy) is 1. The summed E-state index contributed by atoms with van der Waals surface area (Å²) < 4.78 is 4.54. The van der Waals surface area contributed by atoms with Crippen molar-refractivity contribution >= 4 is 35.1 Å². The van der Waals surface area contributed by atoms with Gasteiger partial charge in [-0.15, -0.1) is 0 Å². The van der Waals surface area contributed by atoms with Crippen LogP contribution in [0.4, 0.5) is 0 Å². The summed E-state index contributed by atoms with van der Waals surface area (Å²) in [6.07, 6.45) is 0.548. The Morgan fingerprint density at radius 2 is 1.29 bits per heavy atom. The summed E-state index contributed by atoms with van der Waals surface area (Å²) in [6.45, 7) is 6.63. The number of rotatable bonds is 8. The first-order valence-electron chi connectivity index (χ1n) is 11.5. The molecule has 38 heavy (non-hydrogen) atoms. The minimum Gasteiger partial charge on any atom is -0.476 e. The highest BCUT2D eigenvalue weighted by molar-refractivity contribution is 6.37. The second-order valence-electron chi connectivity index (χ2n) is 7.12. The minimum absolute atomic E-state index is 0.170. The number of Topliss-reactive ketones (excluding diaryl/α,β-unsaturated/α-hetero) is 2. The molecule has 2 amide bonds. The van der Waals surface area contributed by atoms with E-state index in [0.29, 0.717) is 13.0 Å². The lowest BCUT2D eigenvalue weighted by molar-refractivity contribution is -0.121. The molecule has 0 unspecified atom stereocenters. The van der Waals surface area contributed by atoms with Crippen LogP contribution in [0.15, 0.2) is 65.8 Å². The summed E-state index contributed by atoms with van der Waals surface area (Å²) in [6, 6.07) is 18.7. The Balaban J connectivity index is 0. The van der Waals surface area contributed by atoms with E-state index in [0.717, 1.165) is 11.1 Å². The third-order valence-electron chi connectivity index (χ3n) is 3.85. The van der Waals surface area contributed by atoms with Crippen molar-refractivity contribution in [3.63, 3.8) is 0 Å². The van der Waals surface area contributed by atoms with Gasteiger partial charge in [0.1, 0.15) is 0 Å². The summed E-state index contributed by atoms with van der Waals surface area (Å²) >= 11 is 0. The predicted octanol–water partition coefficient (Wildman–Crippen LogP) is 1.01. The van der Waals surface area contributed by atoms with Gasteiger partial charge in [-0.25, -0.2) is 11.3 Å². The molecule has 0 radical (unpaired) electrons. The predicted molar refractivity (Wildman–Crippen MR) is 146 cm³/mol. The van der Waals surface area contributed by atoms with Crippen molar-refractivity contribution in [1.82, 2.24) is 10.9 Å². The van der Waals surface area contributed by atoms with Crippen LogP contribution in [-0.4, -0.2) is 53.4 Å². The number of amides is 2. The number of carbonyl (C=O) groups is 4. The van der Waals surface area contributed by atoms with Crippen LogP contribution in [0.3, 0.4) is 0 Å². The molecule has 0 bridgehead atoms. The molecule has 0 aliphatic heterocycles. The molecule has 0 atom stereocenters. The number of hydrogen-bond donors (Lipinski definition) is 6. The van der Waals surface area contributed by atoms with E-state index in [1.807, 2.05) is 60.7 Å². The topological polar surface area (TPSA) is 210 Å². The van der Waals surface area contributed by atoms with E-state index < -0.39 is 0 Å². The number of hydrazone groups is 1. The number of carbonyl (C=O) groups excluding carboxylic acids is 4. The molecule has 12 heteroatoms. The van der Waals surface area contributed by atoms with Crippen molar-refractivity contribution in [3.8, 4) is 0 Å². The fraction of sp³-hybridized carbons (Fsp3) is 0.308. The second kappa shape index (κ2) is 23.0. The number of nitrogens with zero attached hydrogens (tertiary/aromatic N) is 1. The maximum Gasteiger partial charge on any atom is 0.250 e. The molecule has 0 aliphatic carbocycles. The fourth-order valence-electron chi connectivity index (χ4n) is 2.10. The van der Waals surface area contributed by atoms with Gasteiger partial charge in [-0.1, -0.05) is 60.7 Å². The van der Waals surface area contributed by atoms with Crippen molar-refractivity contribution in [3.05, 3.63) is 71.8 Å². The highest BCUT2D eigenvalue weighted by Gasteiger charge is 2.03. The first-order chi connectivity index (χ1) is 18.0. The van der Waals surface area contributed by atoms with Crippen LogP contribution in [0, 0.1) is 5.41 Å². The van der Waals surface area contributed by atoms with E-state index in [-0.39, 0.29) is 48.1 Å². The third-order valence-corrected chi connectivity index (χ3v) is 3.85. The molecule has 0 saturated heterocycles. The molecule has 2 aromatic carbocycles. The smallest absolute Gasteiger partial charge is 0.250 e. The van der Waals surface area contributed by atoms with Crippen molar-refractivity contribution in [2.45, 2.75) is 40.5 Å². The monoisotopic (exact) mass is 530 g/mol. The molecule has 0 fully saturated rings. The number of hydrazine groups is 1. The summed E-state index contributed by atoms with van der Waals surface area (Å²) in [5, 5.41) is 17.8. The molecule has 2 rings (SSSR count). The zero-order valence-electron chi connectivity index (χ0n) is 22.2. The second-order valence-corrected chi connectivity index (χ2v) is 7.12. The molecular weight excluding hydrogens is 492 g/mol. The van der Waals surface area contributed by atoms with Crippen LogP contribution in [0.1, 0.15) is 38.8 Å². The van der Waals surface area contributed by atoms with E-state index in [4.69, 9.17) is 22.1 Å². The van der Waals surface area contributed by atoms with Crippen LogP contribution < -0.4 is 22.4 Å². The average Bonchev–Trinajstić information content (AvgIpc) is 2.89. The highest BCUT2D eigenvalue weighted by Crippen LogP contribution is 1.99. The molecule has 208 valence electrons. The Morgan fingerprint density at radius 3 is 1.61 bits per heavy atom. The zero-order chi connectivity index (χ0) is 29.3. The third kappa shape index (κ3) is 20.9. The van der Waals surface area contributed by atoms with E-state index >= 15 is 0 Å². The van der Waals surface area contributed by atoms with Gasteiger partial charge in [0.15, 0.2) is 11.6 Å². The highest BCUT2D eigenvalue weighted by atomic mass is 16.5. The Bertz CT molecular complexity index is 1010. The van der Waals surface area contributed by atoms with Gasteiger partial charge >= 0.3 is 0 Å². The fourth-order valence-corrected chi connectivity index (χ4v) is 2.10. The number of aliphatic hydroxyl groups is 1. The van der Waals surface area contributed by atoms with Gasteiger partial charge in [0.2, 0.25) is 23.5 Å². The number of aliphatic hydroxyl groups excluding tert-OH is 1. The maximum absolute atomic E-state index is 11.4. The number of nitrogens with one attached hydrogen (secondary N) is 3. The minimum atomic E-state index is -0.375. The summed E-state index contributed by atoms with van der Waals surface area (Å²) in [4.78, 5) is 43.0. The lowest BCUT2D eigenvalue weighted by Crippen LogP contribution is -2.31. The van der Waals surface area contributed by atoms with Crippen molar-refractivity contribution in [1.29, 1.82) is 5.41 Å². The van der Waals surface area contributed by atoms with Crippen molar-refractivity contribution < 1.29 is 29.0 Å². The molecule has 8 N–H and O–H groups in total. The van der Waals surface area contributed by atoms with E-state index in [1.165, 1.54) is 13.8 Å². The Kier molecular flexibility index (Phi) is 21.6. The largest absolute Gasteiger partial charge is 0.476 e. The van der Waals surface area contributed by atoms with Gasteiger partial charge in [0, 0.05) is 20.5 Å². The lowest BCUT2D eigenvalue weighted by atomic mass is 10.1. The van der Waals surface area contributed by atoms with E-state index in [2.05, 4.69) is 20.7 Å². The number of benzene rings is 2. The number of ketones is 2. The Morgan fingerprint density at radius 1 is 0.868 bits per heavy atom. The molecule has 0 heterocycles. The van der Waals surface area contributed by atoms with Crippen molar-refractivity contribution in [2.75, 3.05) is 13.2 Å². The Hall–Kier alpha value is -4.42. The number of amidine groups is 1. The molecule has 0 aliphatic rings. The molecule has 0 spiro atoms. The van der Waals surface area contributed by atoms with Crippen molar-refractivity contribution in [2.24, 2.45) is 16.7 Å². The summed E-state index contributed by atoms with van der Waals surface area (Å²) in [5.74, 6) is 3.27. The number of hydrogen-bond acceptors (Lipinski definition) is 9. The Labute approximate surface area is 222 Å². The van der Waals surface area contributed by atoms with E-state index in [9.17, 15) is 19.2 Å². The van der Waals surface area contributed by atoms with Gasteiger partial charge < -0.3 is 15.6 Å². The molecule has 0 aromatic heterocycles. The van der Waals surface area contributed by atoms with Crippen LogP contribution in [0.2, 0.25) is 0 Å². The summed E-state index contributed by atoms with van der Waals surface area (Å²) in [7, 11) is 0. The molecule has 12 nitrogen and oxygen atoms in total. The molecule has 2 aromatic rings. The van der Waals surface area contributed by atoms with Crippen LogP contribution >= 0.6 is 0 Å². The van der Waals surface area contributed by atoms with Gasteiger partial charge in [-0.2, -0.15) is 5.10 Å². The SMILES string of the molecule is CC(=O)C(N)=NNC(=O)Cc1ccccc1.CCO.CCOC(=N)C(C)=O.NNC(=O)Cc1ccccc1. The maximum atomic E-state index is 11.4. The normalized spacial score (nSPS) is 9.47. The first-order valence-corrected chi connectivity index (χ1v) is 11.5. The standard InChI is InChI=1S/C11H13N3O2.C8H10N2O.C5H9NO2.C2H6O/c1-8(15)11(12)14-13-10(16)7-9-5-3-2-4-6-9;9-10-8(11)6-7-4-2-1-3-5-7;1-3-8-5(6)4(2)7;1-2-3/h2-6H,7H2,1H3,(H2,12,14)(H,13,16);1-5H,6,9H2,(H,10,11);6H,3H2,1-2H3;3H,2H2,1H3. The average molecular weight is 531 g/mol. The van der Waals surface area contributed by atoms with Gasteiger partial charge in [-0.05, 0) is 25.0 Å². The van der Waals surface area contributed by atoms with Crippen LogP contribution in [0.5, 0.6) is 0 Å². The van der Waals surface area contributed by atoms with Gasteiger partial charge in [-0.3, -0.25) is 30.0 Å². The first kappa shape index (κ1) is 35.7. The molecular formula is C26H38N6O6. The van der Waals surface area contributed by atoms with Crippen LogP contribution in [-0.2, 0) is 36.8 Å². The van der Waals surface area contributed by atoms with Gasteiger partial charge in [0.05, 0.1) is 19.4 Å². The number of nitrogens with two attached hydrogens (primary N) is 2.